The first-order chi connectivity index (χ1) is 5.02. The highest BCUT2D eigenvalue weighted by Crippen LogP contribution is 2.04. The average molecular weight is 193 g/mol. The molecule has 11 heavy (non-hydrogen) atoms. The van der Waals surface area contributed by atoms with E-state index < -0.39 is 5.43 Å². The first kappa shape index (κ1) is 10.3. The number of hydrogen-bond acceptors (Lipinski definition) is 2. The van der Waals surface area contributed by atoms with Gasteiger partial charge in [-0.1, -0.05) is 24.8 Å². The molecule has 0 aromatic heterocycles. The van der Waals surface area contributed by atoms with Crippen molar-refractivity contribution in [2.45, 2.75) is 0 Å². The van der Waals surface area contributed by atoms with Crippen LogP contribution in [0.5, 0.6) is 0 Å². The molecule has 0 fully saturated rings. The van der Waals surface area contributed by atoms with Gasteiger partial charge in [0, 0.05) is 16.6 Å². The quantitative estimate of drug-likeness (QED) is 0.390. The van der Waals surface area contributed by atoms with Gasteiger partial charge in [-0.25, -0.2) is 4.79 Å². The zero-order valence-corrected chi connectivity index (χ0v) is 7.15. The molecule has 4 heteroatoms. The van der Waals surface area contributed by atoms with Crippen LogP contribution >= 0.6 is 23.2 Å². The van der Waals surface area contributed by atoms with Crippen LogP contribution in [0.1, 0.15) is 0 Å². The molecule has 0 amide bonds. The highest BCUT2D eigenvalue weighted by molar-refractivity contribution is 6.61. The number of ether oxygens (including phenoxy) is 1. The van der Waals surface area contributed by atoms with Crippen molar-refractivity contribution >= 4 is 28.6 Å². The van der Waals surface area contributed by atoms with Gasteiger partial charge in [-0.15, -0.1) is 0 Å². The Hall–Kier alpha value is -0.730. The minimum atomic E-state index is -0.931. The molecule has 0 saturated carbocycles. The lowest BCUT2D eigenvalue weighted by atomic mass is 10.4. The van der Waals surface area contributed by atoms with Crippen LogP contribution in [0.15, 0.2) is 36.1 Å². The molecule has 0 aromatic carbocycles. The van der Waals surface area contributed by atoms with Crippen molar-refractivity contribution in [3.05, 3.63) is 36.1 Å². The van der Waals surface area contributed by atoms with E-state index in [4.69, 9.17) is 23.2 Å². The summed E-state index contributed by atoms with van der Waals surface area (Å²) >= 11 is 10.2. The number of allylic oxidation sites excluding steroid dienone is 3. The second kappa shape index (κ2) is 4.99. The molecule has 0 atom stereocenters. The predicted molar refractivity (Wildman–Crippen MR) is 45.6 cm³/mol. The summed E-state index contributed by atoms with van der Waals surface area (Å²) in [7, 11) is 0. The maximum Gasteiger partial charge on any atom is 0.409 e. The van der Waals surface area contributed by atoms with Crippen molar-refractivity contribution in [2.75, 3.05) is 0 Å². The summed E-state index contributed by atoms with van der Waals surface area (Å²) in [6, 6.07) is 0. The van der Waals surface area contributed by atoms with Crippen LogP contribution in [-0.4, -0.2) is 5.43 Å². The molecule has 0 radical (unpaired) electrons. The van der Waals surface area contributed by atoms with Crippen LogP contribution in [0, 0.1) is 0 Å². The lowest BCUT2D eigenvalue weighted by Gasteiger charge is -1.95. The van der Waals surface area contributed by atoms with Gasteiger partial charge in [0.1, 0.15) is 5.76 Å². The molecule has 0 rings (SSSR count). The summed E-state index contributed by atoms with van der Waals surface area (Å²) < 4.78 is 4.35. The Morgan fingerprint density at radius 2 is 1.82 bits per heavy atom. The van der Waals surface area contributed by atoms with E-state index in [9.17, 15) is 4.79 Å². The highest BCUT2D eigenvalue weighted by Gasteiger charge is 1.95. The molecule has 0 unspecified atom stereocenters. The number of carbonyl (C=O) groups excluding carboxylic acids is 1. The standard InChI is InChI=1S/C7H6Cl2O2/c1-5(8)3-4-6(2)11-7(9)10/h3-4H,1-2H2/b4-3-. The van der Waals surface area contributed by atoms with E-state index in [-0.39, 0.29) is 5.76 Å². The molecule has 0 N–H and O–H groups in total. The molecule has 0 aliphatic heterocycles. The van der Waals surface area contributed by atoms with Gasteiger partial charge < -0.3 is 4.74 Å². The smallest absolute Gasteiger partial charge is 0.409 e. The fourth-order valence-corrected chi connectivity index (χ4v) is 0.483. The maximum atomic E-state index is 10.1. The van der Waals surface area contributed by atoms with E-state index in [1.165, 1.54) is 12.2 Å². The zero-order valence-electron chi connectivity index (χ0n) is 5.64. The molecule has 0 aromatic rings. The van der Waals surface area contributed by atoms with Crippen LogP contribution in [0.3, 0.4) is 0 Å². The molecule has 60 valence electrons. The van der Waals surface area contributed by atoms with Gasteiger partial charge in [0.25, 0.3) is 0 Å². The van der Waals surface area contributed by atoms with Gasteiger partial charge in [-0.3, -0.25) is 0 Å². The first-order valence-electron chi connectivity index (χ1n) is 2.61. The SMILES string of the molecule is C=C(Cl)/C=C\C(=C)OC(=O)Cl. The largest absolute Gasteiger partial charge is 0.415 e. The van der Waals surface area contributed by atoms with Crippen LogP contribution in [0.2, 0.25) is 0 Å². The Bertz CT molecular complexity index is 218. The monoisotopic (exact) mass is 192 g/mol. The fraction of sp³-hybridized carbons (Fsp3) is 0. The molecule has 0 saturated heterocycles. The van der Waals surface area contributed by atoms with Crippen LogP contribution < -0.4 is 0 Å². The Kier molecular flexibility index (Phi) is 4.66. The third kappa shape index (κ3) is 7.16. The molecular formula is C7H6Cl2O2. The fourth-order valence-electron chi connectivity index (χ4n) is 0.320. The Morgan fingerprint density at radius 1 is 1.27 bits per heavy atom. The summed E-state index contributed by atoms with van der Waals surface area (Å²) in [5.41, 5.74) is -0.931. The normalized spacial score (nSPS) is 9.64. The first-order valence-corrected chi connectivity index (χ1v) is 3.36. The Labute approximate surface area is 74.7 Å². The molecular weight excluding hydrogens is 187 g/mol. The van der Waals surface area contributed by atoms with Crippen LogP contribution in [0.4, 0.5) is 4.79 Å². The maximum absolute atomic E-state index is 10.1. The van der Waals surface area contributed by atoms with E-state index in [0.29, 0.717) is 5.03 Å². The van der Waals surface area contributed by atoms with Gasteiger partial charge in [-0.2, -0.15) is 0 Å². The van der Waals surface area contributed by atoms with Crippen molar-refractivity contribution in [1.29, 1.82) is 0 Å². The number of hydrogen-bond donors (Lipinski definition) is 0. The second-order valence-electron chi connectivity index (χ2n) is 1.59. The Morgan fingerprint density at radius 3 is 2.18 bits per heavy atom. The van der Waals surface area contributed by atoms with E-state index in [1.54, 1.807) is 0 Å². The number of carbonyl (C=O) groups is 1. The van der Waals surface area contributed by atoms with Crippen molar-refractivity contribution < 1.29 is 9.53 Å². The third-order valence-electron chi connectivity index (χ3n) is 0.661. The summed E-state index contributed by atoms with van der Waals surface area (Å²) in [5.74, 6) is 0.117. The van der Waals surface area contributed by atoms with Crippen LogP contribution in [-0.2, 0) is 4.74 Å². The van der Waals surface area contributed by atoms with E-state index >= 15 is 0 Å². The topological polar surface area (TPSA) is 26.3 Å². The van der Waals surface area contributed by atoms with Crippen molar-refractivity contribution in [3.63, 3.8) is 0 Å². The van der Waals surface area contributed by atoms with Crippen molar-refractivity contribution in [2.24, 2.45) is 0 Å². The lowest BCUT2D eigenvalue weighted by molar-refractivity contribution is 0.206. The van der Waals surface area contributed by atoms with Crippen LogP contribution in [0.25, 0.3) is 0 Å². The van der Waals surface area contributed by atoms with E-state index in [2.05, 4.69) is 17.9 Å². The molecule has 0 heterocycles. The van der Waals surface area contributed by atoms with E-state index in [1.807, 2.05) is 0 Å². The summed E-state index contributed by atoms with van der Waals surface area (Å²) in [6.45, 7) is 6.72. The number of halogens is 2. The minimum Gasteiger partial charge on any atom is -0.415 e. The third-order valence-corrected chi connectivity index (χ3v) is 0.865. The summed E-state index contributed by atoms with van der Waals surface area (Å²) in [5, 5.41) is 0.316. The van der Waals surface area contributed by atoms with Gasteiger partial charge in [-0.05, 0) is 12.2 Å². The van der Waals surface area contributed by atoms with Gasteiger partial charge in [0.05, 0.1) is 0 Å². The van der Waals surface area contributed by atoms with Gasteiger partial charge in [0.2, 0.25) is 0 Å². The highest BCUT2D eigenvalue weighted by atomic mass is 35.5. The van der Waals surface area contributed by atoms with Gasteiger partial charge in [0.15, 0.2) is 0 Å². The molecule has 0 aliphatic carbocycles. The van der Waals surface area contributed by atoms with E-state index in [0.717, 1.165) is 0 Å². The molecule has 0 spiro atoms. The summed E-state index contributed by atoms with van der Waals surface area (Å²) in [6.07, 6.45) is 2.82. The summed E-state index contributed by atoms with van der Waals surface area (Å²) in [4.78, 5) is 10.1. The van der Waals surface area contributed by atoms with Gasteiger partial charge >= 0.3 is 5.43 Å². The average Bonchev–Trinajstić information content (AvgIpc) is 1.82. The Balaban J connectivity index is 3.88. The predicted octanol–water partition coefficient (Wildman–Crippen LogP) is 3.18. The lowest BCUT2D eigenvalue weighted by Crippen LogP contribution is -1.89. The zero-order chi connectivity index (χ0) is 8.85. The van der Waals surface area contributed by atoms with Crippen molar-refractivity contribution in [3.8, 4) is 0 Å². The number of rotatable bonds is 3. The van der Waals surface area contributed by atoms with Crippen molar-refractivity contribution in [1.82, 2.24) is 0 Å². The molecule has 0 bridgehead atoms. The molecule has 2 nitrogen and oxygen atoms in total. The minimum absolute atomic E-state index is 0.117. The second-order valence-corrected chi connectivity index (χ2v) is 2.38. The molecule has 0 aliphatic rings.